The Hall–Kier alpha value is -1.59. The SMILES string of the molecule is CCOC(=O)N1CCC(NC(N)=NCCN2CCN(Cc3ccccc3)CC2)CC1.I. The zero-order chi connectivity index (χ0) is 21.2. The molecule has 0 radical (unpaired) electrons. The Labute approximate surface area is 203 Å². The minimum Gasteiger partial charge on any atom is -0.450 e. The van der Waals surface area contributed by atoms with Crippen LogP contribution in [0.1, 0.15) is 25.3 Å². The highest BCUT2D eigenvalue weighted by Crippen LogP contribution is 2.11. The van der Waals surface area contributed by atoms with Gasteiger partial charge < -0.3 is 20.7 Å². The van der Waals surface area contributed by atoms with Crippen LogP contribution in [-0.4, -0.2) is 91.8 Å². The minimum atomic E-state index is -0.221. The Morgan fingerprint density at radius 2 is 1.74 bits per heavy atom. The third kappa shape index (κ3) is 8.82. The molecule has 0 unspecified atom stereocenters. The van der Waals surface area contributed by atoms with Gasteiger partial charge in [-0.15, -0.1) is 24.0 Å². The van der Waals surface area contributed by atoms with E-state index in [4.69, 9.17) is 10.5 Å². The van der Waals surface area contributed by atoms with E-state index in [1.54, 1.807) is 4.90 Å². The molecule has 1 aromatic rings. The topological polar surface area (TPSA) is 86.4 Å². The summed E-state index contributed by atoms with van der Waals surface area (Å²) < 4.78 is 5.06. The molecule has 31 heavy (non-hydrogen) atoms. The van der Waals surface area contributed by atoms with Crippen LogP contribution in [0.5, 0.6) is 0 Å². The van der Waals surface area contributed by atoms with Crippen LogP contribution in [0.15, 0.2) is 35.3 Å². The number of likely N-dealkylation sites (tertiary alicyclic amines) is 1. The number of amides is 1. The third-order valence-corrected chi connectivity index (χ3v) is 5.79. The van der Waals surface area contributed by atoms with Gasteiger partial charge in [-0.25, -0.2) is 4.79 Å². The molecular formula is C22H37IN6O2. The molecule has 9 heteroatoms. The monoisotopic (exact) mass is 544 g/mol. The number of guanidine groups is 1. The normalized spacial score (nSPS) is 19.0. The van der Waals surface area contributed by atoms with Crippen molar-refractivity contribution in [2.45, 2.75) is 32.4 Å². The predicted molar refractivity (Wildman–Crippen MR) is 135 cm³/mol. The summed E-state index contributed by atoms with van der Waals surface area (Å²) >= 11 is 0. The molecule has 3 rings (SSSR count). The quantitative estimate of drug-likeness (QED) is 0.310. The molecule has 2 saturated heterocycles. The first-order valence-electron chi connectivity index (χ1n) is 11.1. The molecule has 0 aliphatic carbocycles. The molecule has 0 atom stereocenters. The highest BCUT2D eigenvalue weighted by molar-refractivity contribution is 14.0. The maximum atomic E-state index is 11.8. The number of carbonyl (C=O) groups excluding carboxylic acids is 1. The van der Waals surface area contributed by atoms with Crippen LogP contribution in [0, 0.1) is 0 Å². The Morgan fingerprint density at radius 3 is 2.39 bits per heavy atom. The van der Waals surface area contributed by atoms with Crippen molar-refractivity contribution in [1.82, 2.24) is 20.0 Å². The van der Waals surface area contributed by atoms with Crippen LogP contribution in [0.2, 0.25) is 0 Å². The first-order chi connectivity index (χ1) is 14.6. The molecule has 1 aromatic carbocycles. The summed E-state index contributed by atoms with van der Waals surface area (Å²) in [5, 5.41) is 3.30. The number of halogens is 1. The molecule has 8 nitrogen and oxygen atoms in total. The van der Waals surface area contributed by atoms with Gasteiger partial charge in [0.05, 0.1) is 13.2 Å². The van der Waals surface area contributed by atoms with Gasteiger partial charge in [0.25, 0.3) is 0 Å². The number of piperidine rings is 1. The first-order valence-corrected chi connectivity index (χ1v) is 11.1. The molecule has 174 valence electrons. The lowest BCUT2D eigenvalue weighted by Gasteiger charge is -2.34. The number of nitrogens with zero attached hydrogens (tertiary/aromatic N) is 4. The van der Waals surface area contributed by atoms with Gasteiger partial charge in [0.2, 0.25) is 0 Å². The fraction of sp³-hybridized carbons (Fsp3) is 0.636. The van der Waals surface area contributed by atoms with E-state index in [0.29, 0.717) is 32.2 Å². The molecule has 3 N–H and O–H groups in total. The van der Waals surface area contributed by atoms with E-state index < -0.39 is 0 Å². The Balaban J connectivity index is 0.00000341. The molecule has 0 aromatic heterocycles. The highest BCUT2D eigenvalue weighted by atomic mass is 127. The van der Waals surface area contributed by atoms with Crippen molar-refractivity contribution >= 4 is 36.0 Å². The molecule has 0 bridgehead atoms. The van der Waals surface area contributed by atoms with Crippen LogP contribution in [0.25, 0.3) is 0 Å². The van der Waals surface area contributed by atoms with Crippen LogP contribution < -0.4 is 11.1 Å². The van der Waals surface area contributed by atoms with Gasteiger partial charge in [0.15, 0.2) is 5.96 Å². The lowest BCUT2D eigenvalue weighted by molar-refractivity contribution is 0.0963. The zero-order valence-corrected chi connectivity index (χ0v) is 20.9. The van der Waals surface area contributed by atoms with E-state index in [0.717, 1.165) is 52.1 Å². The number of ether oxygens (including phenoxy) is 1. The second kappa shape index (κ2) is 13.7. The molecular weight excluding hydrogens is 507 g/mol. The molecule has 2 fully saturated rings. The van der Waals surface area contributed by atoms with Crippen LogP contribution in [0.4, 0.5) is 4.79 Å². The van der Waals surface area contributed by atoms with Crippen molar-refractivity contribution in [3.05, 3.63) is 35.9 Å². The fourth-order valence-corrected chi connectivity index (χ4v) is 4.00. The number of benzene rings is 1. The van der Waals surface area contributed by atoms with Gasteiger partial charge in [0, 0.05) is 58.4 Å². The predicted octanol–water partition coefficient (Wildman–Crippen LogP) is 1.95. The van der Waals surface area contributed by atoms with Crippen molar-refractivity contribution < 1.29 is 9.53 Å². The molecule has 2 heterocycles. The van der Waals surface area contributed by atoms with Crippen LogP contribution in [0.3, 0.4) is 0 Å². The second-order valence-electron chi connectivity index (χ2n) is 7.97. The maximum Gasteiger partial charge on any atom is 0.409 e. The summed E-state index contributed by atoms with van der Waals surface area (Å²) in [4.78, 5) is 23.0. The first kappa shape index (κ1) is 25.7. The number of carbonyl (C=O) groups is 1. The van der Waals surface area contributed by atoms with E-state index in [1.807, 2.05) is 6.92 Å². The Bertz CT molecular complexity index is 674. The van der Waals surface area contributed by atoms with E-state index in [-0.39, 0.29) is 36.1 Å². The number of aliphatic imine (C=N–C) groups is 1. The smallest absolute Gasteiger partial charge is 0.409 e. The average Bonchev–Trinajstić information content (AvgIpc) is 2.76. The summed E-state index contributed by atoms with van der Waals surface area (Å²) in [6.45, 7) is 10.6. The number of nitrogens with one attached hydrogen (secondary N) is 1. The summed E-state index contributed by atoms with van der Waals surface area (Å²) in [6, 6.07) is 10.9. The summed E-state index contributed by atoms with van der Waals surface area (Å²) in [7, 11) is 0. The second-order valence-corrected chi connectivity index (χ2v) is 7.97. The van der Waals surface area contributed by atoms with Crippen molar-refractivity contribution in [3.63, 3.8) is 0 Å². The summed E-state index contributed by atoms with van der Waals surface area (Å²) in [5.41, 5.74) is 7.45. The number of hydrogen-bond acceptors (Lipinski definition) is 5. The van der Waals surface area contributed by atoms with Crippen LogP contribution >= 0.6 is 24.0 Å². The molecule has 1 amide bonds. The fourth-order valence-electron chi connectivity index (χ4n) is 4.00. The van der Waals surface area contributed by atoms with Gasteiger partial charge in [-0.1, -0.05) is 30.3 Å². The van der Waals surface area contributed by atoms with E-state index in [9.17, 15) is 4.79 Å². The van der Waals surface area contributed by atoms with E-state index in [2.05, 4.69) is 50.4 Å². The minimum absolute atomic E-state index is 0. The molecule has 0 saturated carbocycles. The maximum absolute atomic E-state index is 11.8. The third-order valence-electron chi connectivity index (χ3n) is 5.79. The number of rotatable bonds is 7. The van der Waals surface area contributed by atoms with Gasteiger partial charge in [-0.2, -0.15) is 0 Å². The summed E-state index contributed by atoms with van der Waals surface area (Å²) in [5.74, 6) is 0.507. The highest BCUT2D eigenvalue weighted by Gasteiger charge is 2.23. The van der Waals surface area contributed by atoms with Crippen molar-refractivity contribution in [2.75, 3.05) is 59.0 Å². The standard InChI is InChI=1S/C22H36N6O2.HI/c1-2-30-22(29)28-11-8-20(9-12-28)25-21(23)24-10-13-26-14-16-27(17-15-26)18-19-6-4-3-5-7-19;/h3-7,20H,2,8-18H2,1H3,(H3,23,24,25);1H. The van der Waals surface area contributed by atoms with E-state index in [1.165, 1.54) is 5.56 Å². The average molecular weight is 544 g/mol. The molecule has 0 spiro atoms. The Morgan fingerprint density at radius 1 is 1.10 bits per heavy atom. The largest absolute Gasteiger partial charge is 0.450 e. The van der Waals surface area contributed by atoms with Gasteiger partial charge >= 0.3 is 6.09 Å². The van der Waals surface area contributed by atoms with Gasteiger partial charge in [-0.3, -0.25) is 14.8 Å². The van der Waals surface area contributed by atoms with Crippen molar-refractivity contribution in [1.29, 1.82) is 0 Å². The summed E-state index contributed by atoms with van der Waals surface area (Å²) in [6.07, 6.45) is 1.50. The van der Waals surface area contributed by atoms with Crippen LogP contribution in [-0.2, 0) is 11.3 Å². The Kier molecular flexibility index (Phi) is 11.4. The van der Waals surface area contributed by atoms with Crippen molar-refractivity contribution in [3.8, 4) is 0 Å². The molecule has 2 aliphatic rings. The molecule has 2 aliphatic heterocycles. The number of nitrogens with two attached hydrogens (primary N) is 1. The van der Waals surface area contributed by atoms with Crippen molar-refractivity contribution in [2.24, 2.45) is 10.7 Å². The number of piperazine rings is 1. The van der Waals surface area contributed by atoms with Gasteiger partial charge in [0.1, 0.15) is 0 Å². The lowest BCUT2D eigenvalue weighted by atomic mass is 10.1. The number of hydrogen-bond donors (Lipinski definition) is 2. The zero-order valence-electron chi connectivity index (χ0n) is 18.5. The lowest BCUT2D eigenvalue weighted by Crippen LogP contribution is -2.49. The van der Waals surface area contributed by atoms with Gasteiger partial charge in [-0.05, 0) is 25.3 Å². The van der Waals surface area contributed by atoms with E-state index >= 15 is 0 Å².